The number of hydrogen-bond acceptors (Lipinski definition) is 1. The second kappa shape index (κ2) is 3.00. The van der Waals surface area contributed by atoms with Gasteiger partial charge in [-0.3, -0.25) is 4.68 Å². The third-order valence-electron chi connectivity index (χ3n) is 2.57. The van der Waals surface area contributed by atoms with Crippen molar-refractivity contribution >= 4 is 0 Å². The predicted octanol–water partition coefficient (Wildman–Crippen LogP) is 2.94. The summed E-state index contributed by atoms with van der Waals surface area (Å²) in [7, 11) is 0. The van der Waals surface area contributed by atoms with Gasteiger partial charge in [0.05, 0.1) is 11.7 Å². The highest BCUT2D eigenvalue weighted by atomic mass is 19.4. The first kappa shape index (κ1) is 9.55. The Morgan fingerprint density at radius 1 is 1.43 bits per heavy atom. The van der Waals surface area contributed by atoms with Crippen LogP contribution in [0, 0.1) is 6.92 Å². The molecule has 5 heteroatoms. The zero-order chi connectivity index (χ0) is 10.3. The average Bonchev–Trinajstić information content (AvgIpc) is 2.26. The summed E-state index contributed by atoms with van der Waals surface area (Å²) in [6.07, 6.45) is -1.66. The number of nitrogens with zero attached hydrogens (tertiary/aromatic N) is 2. The second-order valence-corrected chi connectivity index (χ2v) is 3.70. The minimum Gasteiger partial charge on any atom is -0.257 e. The summed E-state index contributed by atoms with van der Waals surface area (Å²) in [5, 5.41) is 3.90. The summed E-state index contributed by atoms with van der Waals surface area (Å²) in [4.78, 5) is 0. The lowest BCUT2D eigenvalue weighted by atomic mass is 9.93. The highest BCUT2D eigenvalue weighted by molar-refractivity contribution is 5.13. The van der Waals surface area contributed by atoms with Gasteiger partial charge in [-0.05, 0) is 32.3 Å². The van der Waals surface area contributed by atoms with E-state index in [2.05, 4.69) is 5.10 Å². The van der Waals surface area contributed by atoms with Crippen LogP contribution in [0.3, 0.4) is 0 Å². The molecule has 1 aromatic heterocycles. The third kappa shape index (κ3) is 1.51. The Kier molecular flexibility index (Phi) is 2.05. The van der Waals surface area contributed by atoms with Crippen molar-refractivity contribution < 1.29 is 13.2 Å². The van der Waals surface area contributed by atoms with Crippen LogP contribution in [-0.2, 0) is 6.18 Å². The van der Waals surface area contributed by atoms with E-state index in [1.807, 2.05) is 0 Å². The maximum absolute atomic E-state index is 12.5. The highest BCUT2D eigenvalue weighted by Crippen LogP contribution is 2.37. The zero-order valence-electron chi connectivity index (χ0n) is 7.80. The van der Waals surface area contributed by atoms with Crippen LogP contribution < -0.4 is 0 Å². The number of halogens is 3. The van der Waals surface area contributed by atoms with Crippen molar-refractivity contribution in [3.63, 3.8) is 0 Å². The fourth-order valence-corrected chi connectivity index (χ4v) is 1.64. The van der Waals surface area contributed by atoms with Crippen LogP contribution in [0.15, 0.2) is 6.07 Å². The topological polar surface area (TPSA) is 17.8 Å². The molecule has 78 valence electrons. The molecule has 0 spiro atoms. The zero-order valence-corrected chi connectivity index (χ0v) is 7.80. The molecule has 0 bridgehead atoms. The number of hydrogen-bond donors (Lipinski definition) is 0. The first-order valence-electron chi connectivity index (χ1n) is 4.62. The lowest BCUT2D eigenvalue weighted by Gasteiger charge is -2.27. The van der Waals surface area contributed by atoms with Crippen LogP contribution in [0.25, 0.3) is 0 Å². The fourth-order valence-electron chi connectivity index (χ4n) is 1.64. The van der Waals surface area contributed by atoms with E-state index in [0.29, 0.717) is 5.69 Å². The first-order chi connectivity index (χ1) is 6.48. The molecular weight excluding hydrogens is 193 g/mol. The van der Waals surface area contributed by atoms with Crippen molar-refractivity contribution in [3.05, 3.63) is 17.5 Å². The standard InChI is InChI=1S/C9H11F3N2/c1-6-5-8(9(10,11)12)14(13-6)7-3-2-4-7/h5,7H,2-4H2,1H3. The molecule has 0 radical (unpaired) electrons. The number of aromatic nitrogens is 2. The van der Waals surface area contributed by atoms with Gasteiger partial charge in [0.15, 0.2) is 0 Å². The molecule has 2 nitrogen and oxygen atoms in total. The Bertz CT molecular complexity index is 336. The number of alkyl halides is 3. The molecule has 0 aromatic carbocycles. The van der Waals surface area contributed by atoms with Crippen molar-refractivity contribution in [2.45, 2.75) is 38.4 Å². The molecule has 0 atom stereocenters. The molecule has 1 aliphatic carbocycles. The van der Waals surface area contributed by atoms with Gasteiger partial charge in [0, 0.05) is 0 Å². The normalized spacial score (nSPS) is 18.3. The molecule has 0 N–H and O–H groups in total. The first-order valence-corrected chi connectivity index (χ1v) is 4.62. The van der Waals surface area contributed by atoms with Crippen LogP contribution in [0.2, 0.25) is 0 Å². The minimum atomic E-state index is -4.28. The van der Waals surface area contributed by atoms with Gasteiger partial charge in [-0.1, -0.05) is 0 Å². The maximum atomic E-state index is 12.5. The Hall–Kier alpha value is -1.00. The van der Waals surface area contributed by atoms with Crippen LogP contribution >= 0.6 is 0 Å². The van der Waals surface area contributed by atoms with E-state index >= 15 is 0 Å². The predicted molar refractivity (Wildman–Crippen MR) is 44.9 cm³/mol. The molecule has 0 unspecified atom stereocenters. The van der Waals surface area contributed by atoms with Crippen molar-refractivity contribution in [1.29, 1.82) is 0 Å². The van der Waals surface area contributed by atoms with Gasteiger partial charge in [0.2, 0.25) is 0 Å². The number of aryl methyl sites for hydroxylation is 1. The molecule has 1 fully saturated rings. The third-order valence-corrected chi connectivity index (χ3v) is 2.57. The molecule has 0 amide bonds. The average molecular weight is 204 g/mol. The van der Waals surface area contributed by atoms with Gasteiger partial charge < -0.3 is 0 Å². The fraction of sp³-hybridized carbons (Fsp3) is 0.667. The monoisotopic (exact) mass is 204 g/mol. The largest absolute Gasteiger partial charge is 0.433 e. The molecule has 1 aromatic rings. The lowest BCUT2D eigenvalue weighted by molar-refractivity contribution is -0.145. The van der Waals surface area contributed by atoms with E-state index < -0.39 is 11.9 Å². The summed E-state index contributed by atoms with van der Waals surface area (Å²) in [6.45, 7) is 1.59. The van der Waals surface area contributed by atoms with Gasteiger partial charge in [-0.25, -0.2) is 0 Å². The number of rotatable bonds is 1. The van der Waals surface area contributed by atoms with Gasteiger partial charge >= 0.3 is 6.18 Å². The maximum Gasteiger partial charge on any atom is 0.433 e. The molecule has 2 rings (SSSR count). The lowest BCUT2D eigenvalue weighted by Crippen LogP contribution is -2.24. The van der Waals surface area contributed by atoms with E-state index in [1.165, 1.54) is 0 Å². The van der Waals surface area contributed by atoms with Gasteiger partial charge in [-0.2, -0.15) is 18.3 Å². The summed E-state index contributed by atoms with van der Waals surface area (Å²) in [6, 6.07) is 1.07. The molecule has 0 saturated heterocycles. The van der Waals surface area contributed by atoms with E-state index in [-0.39, 0.29) is 6.04 Å². The smallest absolute Gasteiger partial charge is 0.257 e. The molecule has 1 heterocycles. The van der Waals surface area contributed by atoms with Crippen LogP contribution in [0.5, 0.6) is 0 Å². The van der Waals surface area contributed by atoms with Crippen LogP contribution in [0.4, 0.5) is 13.2 Å². The van der Waals surface area contributed by atoms with Crippen LogP contribution in [-0.4, -0.2) is 9.78 Å². The summed E-state index contributed by atoms with van der Waals surface area (Å²) >= 11 is 0. The summed E-state index contributed by atoms with van der Waals surface area (Å²) in [5.74, 6) is 0. The van der Waals surface area contributed by atoms with Gasteiger partial charge in [0.25, 0.3) is 0 Å². The van der Waals surface area contributed by atoms with Crippen molar-refractivity contribution in [2.24, 2.45) is 0 Å². The molecule has 1 aliphatic rings. The summed E-state index contributed by atoms with van der Waals surface area (Å²) < 4.78 is 38.7. The van der Waals surface area contributed by atoms with E-state index in [0.717, 1.165) is 30.0 Å². The molecule has 0 aliphatic heterocycles. The molecule has 14 heavy (non-hydrogen) atoms. The molecular formula is C9H11F3N2. The van der Waals surface area contributed by atoms with E-state index in [1.54, 1.807) is 6.92 Å². The Labute approximate surface area is 79.7 Å². The Morgan fingerprint density at radius 3 is 2.50 bits per heavy atom. The van der Waals surface area contributed by atoms with Gasteiger partial charge in [-0.15, -0.1) is 0 Å². The minimum absolute atomic E-state index is 0.0414. The van der Waals surface area contributed by atoms with E-state index in [9.17, 15) is 13.2 Å². The van der Waals surface area contributed by atoms with Crippen LogP contribution in [0.1, 0.15) is 36.7 Å². The SMILES string of the molecule is Cc1cc(C(F)(F)F)n(C2CCC2)n1. The van der Waals surface area contributed by atoms with Gasteiger partial charge in [0.1, 0.15) is 5.69 Å². The van der Waals surface area contributed by atoms with Crippen molar-refractivity contribution in [2.75, 3.05) is 0 Å². The highest BCUT2D eigenvalue weighted by Gasteiger charge is 2.38. The Morgan fingerprint density at radius 2 is 2.07 bits per heavy atom. The van der Waals surface area contributed by atoms with Crippen molar-refractivity contribution in [3.8, 4) is 0 Å². The quantitative estimate of drug-likeness (QED) is 0.687. The Balaban J connectivity index is 2.37. The summed E-state index contributed by atoms with van der Waals surface area (Å²) in [5.41, 5.74) is -0.177. The molecule has 1 saturated carbocycles. The van der Waals surface area contributed by atoms with E-state index in [4.69, 9.17) is 0 Å². The van der Waals surface area contributed by atoms with Crippen molar-refractivity contribution in [1.82, 2.24) is 9.78 Å². The second-order valence-electron chi connectivity index (χ2n) is 3.70.